The first-order valence-electron chi connectivity index (χ1n) is 10.0. The molecule has 1 saturated carbocycles. The van der Waals surface area contributed by atoms with E-state index in [0.717, 1.165) is 57.5 Å². The molecule has 0 amide bonds. The van der Waals surface area contributed by atoms with Gasteiger partial charge in [-0.1, -0.05) is 0 Å². The molecule has 0 unspecified atom stereocenters. The Bertz CT molecular complexity index is 551. The third kappa shape index (κ3) is 6.37. The average molecular weight is 362 g/mol. The second-order valence-corrected chi connectivity index (χ2v) is 7.93. The van der Waals surface area contributed by atoms with E-state index in [0.29, 0.717) is 5.92 Å². The Morgan fingerprint density at radius 2 is 1.85 bits per heavy atom. The fourth-order valence-corrected chi connectivity index (χ4v) is 3.23. The molecule has 0 spiro atoms. The molecular formula is C19H35N7. The van der Waals surface area contributed by atoms with E-state index in [1.807, 2.05) is 0 Å². The Labute approximate surface area is 158 Å². The molecule has 26 heavy (non-hydrogen) atoms. The summed E-state index contributed by atoms with van der Waals surface area (Å²) < 4.78 is 0. The van der Waals surface area contributed by atoms with Crippen LogP contribution in [0.3, 0.4) is 0 Å². The minimum atomic E-state index is 0.638. The van der Waals surface area contributed by atoms with Gasteiger partial charge in [0.15, 0.2) is 0 Å². The molecule has 3 rings (SSSR count). The minimum absolute atomic E-state index is 0.638. The first-order chi connectivity index (χ1) is 12.6. The molecule has 0 atom stereocenters. The molecule has 146 valence electrons. The van der Waals surface area contributed by atoms with E-state index in [2.05, 4.69) is 57.5 Å². The molecule has 2 aliphatic rings. The number of aromatic nitrogens is 2. The molecule has 2 fully saturated rings. The SMILES string of the molecule is CN(C)CCCNc1nc(NCCN2CCN(C)CC2)cc(C2CC2)n1. The third-order valence-corrected chi connectivity index (χ3v) is 5.14. The van der Waals surface area contributed by atoms with Gasteiger partial charge in [0.25, 0.3) is 0 Å². The van der Waals surface area contributed by atoms with Crippen LogP contribution in [-0.2, 0) is 0 Å². The molecule has 1 aromatic heterocycles. The van der Waals surface area contributed by atoms with Crippen LogP contribution in [-0.4, -0.2) is 98.2 Å². The lowest BCUT2D eigenvalue weighted by molar-refractivity contribution is 0.158. The lowest BCUT2D eigenvalue weighted by Crippen LogP contribution is -2.45. The monoisotopic (exact) mass is 361 g/mol. The molecule has 0 aromatic carbocycles. The largest absolute Gasteiger partial charge is 0.369 e. The van der Waals surface area contributed by atoms with Gasteiger partial charge in [-0.3, -0.25) is 4.90 Å². The Balaban J connectivity index is 1.49. The van der Waals surface area contributed by atoms with Crippen molar-refractivity contribution in [3.8, 4) is 0 Å². The van der Waals surface area contributed by atoms with Crippen molar-refractivity contribution in [1.29, 1.82) is 0 Å². The predicted molar refractivity (Wildman–Crippen MR) is 108 cm³/mol. The van der Waals surface area contributed by atoms with E-state index in [1.54, 1.807) is 0 Å². The summed E-state index contributed by atoms with van der Waals surface area (Å²) in [6, 6.07) is 2.15. The van der Waals surface area contributed by atoms with Gasteiger partial charge in [-0.25, -0.2) is 4.98 Å². The lowest BCUT2D eigenvalue weighted by atomic mass is 10.2. The number of hydrogen-bond acceptors (Lipinski definition) is 7. The maximum absolute atomic E-state index is 4.73. The number of hydrogen-bond donors (Lipinski definition) is 2. The van der Waals surface area contributed by atoms with Crippen molar-refractivity contribution < 1.29 is 0 Å². The van der Waals surface area contributed by atoms with Crippen LogP contribution in [0, 0.1) is 0 Å². The number of likely N-dealkylation sites (N-methyl/N-ethyl adjacent to an activating group) is 1. The Morgan fingerprint density at radius 3 is 2.54 bits per heavy atom. The summed E-state index contributed by atoms with van der Waals surface area (Å²) in [4.78, 5) is 16.5. The highest BCUT2D eigenvalue weighted by Crippen LogP contribution is 2.39. The molecule has 1 aliphatic carbocycles. The van der Waals surface area contributed by atoms with Gasteiger partial charge in [0.1, 0.15) is 5.82 Å². The van der Waals surface area contributed by atoms with E-state index < -0.39 is 0 Å². The molecule has 0 bridgehead atoms. The summed E-state index contributed by atoms with van der Waals surface area (Å²) in [7, 11) is 6.40. The van der Waals surface area contributed by atoms with Crippen LogP contribution < -0.4 is 10.6 Å². The fourth-order valence-electron chi connectivity index (χ4n) is 3.23. The van der Waals surface area contributed by atoms with Crippen LogP contribution in [0.2, 0.25) is 0 Å². The standard InChI is InChI=1S/C19H35N7/c1-24(2)9-4-7-21-19-22-17(16-5-6-16)15-18(23-19)20-8-10-26-13-11-25(3)12-14-26/h15-16H,4-14H2,1-3H3,(H2,20,21,22,23). The first-order valence-corrected chi connectivity index (χ1v) is 10.0. The van der Waals surface area contributed by atoms with Gasteiger partial charge in [0, 0.05) is 57.8 Å². The van der Waals surface area contributed by atoms with E-state index in [4.69, 9.17) is 4.98 Å². The number of nitrogens with zero attached hydrogens (tertiary/aromatic N) is 5. The smallest absolute Gasteiger partial charge is 0.224 e. The number of nitrogens with one attached hydrogen (secondary N) is 2. The summed E-state index contributed by atoms with van der Waals surface area (Å²) in [5, 5.41) is 6.92. The third-order valence-electron chi connectivity index (χ3n) is 5.14. The van der Waals surface area contributed by atoms with E-state index in [9.17, 15) is 0 Å². The molecule has 7 nitrogen and oxygen atoms in total. The second-order valence-electron chi connectivity index (χ2n) is 7.93. The molecular weight excluding hydrogens is 326 g/mol. The zero-order valence-electron chi connectivity index (χ0n) is 16.7. The maximum Gasteiger partial charge on any atom is 0.224 e. The molecule has 1 aromatic rings. The van der Waals surface area contributed by atoms with Gasteiger partial charge in [-0.15, -0.1) is 0 Å². The Kier molecular flexibility index (Phi) is 7.05. The summed E-state index contributed by atoms with van der Waals surface area (Å²) >= 11 is 0. The van der Waals surface area contributed by atoms with Gasteiger partial charge in [0.2, 0.25) is 5.95 Å². The summed E-state index contributed by atoms with van der Waals surface area (Å²) in [5.74, 6) is 2.37. The molecule has 7 heteroatoms. The molecule has 1 aliphatic heterocycles. The van der Waals surface area contributed by atoms with Crippen LogP contribution >= 0.6 is 0 Å². The van der Waals surface area contributed by atoms with Crippen LogP contribution in [0.15, 0.2) is 6.07 Å². The van der Waals surface area contributed by atoms with Crippen LogP contribution in [0.1, 0.15) is 30.9 Å². The van der Waals surface area contributed by atoms with Crippen molar-refractivity contribution in [3.63, 3.8) is 0 Å². The van der Waals surface area contributed by atoms with Crippen LogP contribution in [0.5, 0.6) is 0 Å². The van der Waals surface area contributed by atoms with Crippen molar-refractivity contribution in [2.24, 2.45) is 0 Å². The van der Waals surface area contributed by atoms with Crippen molar-refractivity contribution in [2.45, 2.75) is 25.2 Å². The van der Waals surface area contributed by atoms with Crippen molar-refractivity contribution in [3.05, 3.63) is 11.8 Å². The van der Waals surface area contributed by atoms with Gasteiger partial charge in [-0.05, 0) is 47.0 Å². The molecule has 0 radical (unpaired) electrons. The van der Waals surface area contributed by atoms with Crippen molar-refractivity contribution in [2.75, 3.05) is 84.1 Å². The lowest BCUT2D eigenvalue weighted by Gasteiger charge is -2.32. The summed E-state index contributed by atoms with van der Waals surface area (Å²) in [5.41, 5.74) is 1.19. The highest BCUT2D eigenvalue weighted by Gasteiger charge is 2.26. The van der Waals surface area contributed by atoms with E-state index in [-0.39, 0.29) is 0 Å². The first kappa shape index (κ1) is 19.3. The number of rotatable bonds is 10. The van der Waals surface area contributed by atoms with Crippen LogP contribution in [0.4, 0.5) is 11.8 Å². The molecule has 2 N–H and O–H groups in total. The summed E-state index contributed by atoms with van der Waals surface area (Å²) in [6.45, 7) is 8.65. The minimum Gasteiger partial charge on any atom is -0.369 e. The normalized spacial score (nSPS) is 19.1. The van der Waals surface area contributed by atoms with Crippen LogP contribution in [0.25, 0.3) is 0 Å². The predicted octanol–water partition coefficient (Wildman–Crippen LogP) is 1.38. The zero-order chi connectivity index (χ0) is 18.4. The Morgan fingerprint density at radius 1 is 1.08 bits per heavy atom. The fraction of sp³-hybridized carbons (Fsp3) is 0.789. The maximum atomic E-state index is 4.73. The van der Waals surface area contributed by atoms with Crippen molar-refractivity contribution in [1.82, 2.24) is 24.7 Å². The summed E-state index contributed by atoms with van der Waals surface area (Å²) in [6.07, 6.45) is 3.62. The van der Waals surface area contributed by atoms with E-state index in [1.165, 1.54) is 31.6 Å². The second kappa shape index (κ2) is 9.48. The highest BCUT2D eigenvalue weighted by atomic mass is 15.3. The topological polar surface area (TPSA) is 59.6 Å². The number of anilines is 2. The molecule has 2 heterocycles. The molecule has 1 saturated heterocycles. The average Bonchev–Trinajstić information content (AvgIpc) is 3.45. The van der Waals surface area contributed by atoms with Gasteiger partial charge in [0.05, 0.1) is 5.69 Å². The number of piperazine rings is 1. The zero-order valence-corrected chi connectivity index (χ0v) is 16.7. The highest BCUT2D eigenvalue weighted by molar-refractivity contribution is 5.44. The van der Waals surface area contributed by atoms with Gasteiger partial charge in [-0.2, -0.15) is 4.98 Å². The van der Waals surface area contributed by atoms with Gasteiger partial charge >= 0.3 is 0 Å². The van der Waals surface area contributed by atoms with E-state index >= 15 is 0 Å². The van der Waals surface area contributed by atoms with Gasteiger partial charge < -0.3 is 20.4 Å². The Hall–Kier alpha value is -1.44. The quantitative estimate of drug-likeness (QED) is 0.611. The van der Waals surface area contributed by atoms with Crippen molar-refractivity contribution >= 4 is 11.8 Å².